The van der Waals surface area contributed by atoms with Gasteiger partial charge in [-0.3, -0.25) is 9.98 Å². The van der Waals surface area contributed by atoms with Crippen LogP contribution in [0.4, 0.5) is 5.69 Å². The molecule has 1 N–H and O–H groups in total. The summed E-state index contributed by atoms with van der Waals surface area (Å²) in [6, 6.07) is 33.8. The van der Waals surface area contributed by atoms with Crippen LogP contribution in [0.1, 0.15) is 43.4 Å². The summed E-state index contributed by atoms with van der Waals surface area (Å²) in [6.07, 6.45) is 22.6. The Bertz CT molecular complexity index is 2230. The van der Waals surface area contributed by atoms with Crippen molar-refractivity contribution in [2.45, 2.75) is 38.3 Å². The molecular formula is C43H37N5Si. The van der Waals surface area contributed by atoms with E-state index < -0.39 is 8.07 Å². The number of aliphatic imine (C=N–C) groups is 1. The van der Waals surface area contributed by atoms with Crippen molar-refractivity contribution in [3.8, 4) is 0 Å². The van der Waals surface area contributed by atoms with Crippen LogP contribution in [0.25, 0.3) is 28.8 Å². The second kappa shape index (κ2) is 12.4. The second-order valence-electron chi connectivity index (χ2n) is 13.0. The van der Waals surface area contributed by atoms with Gasteiger partial charge >= 0.3 is 0 Å². The maximum Gasteiger partial charge on any atom is 0.201 e. The molecule has 6 heteroatoms. The molecule has 0 saturated carbocycles. The standard InChI is InChI=1S/C43H37N5Si/c1-4-14-32(15-5-1)47-39-21-11-10-20-37(39)38-30-36(25-26-40(38)47)49(34-16-6-2-7-17-34,35-18-8-3-9-19-35)43-27-24-33(31-46-43)48(41-22-12-28-44-41)42-23-13-29-45-42/h2-3,6-9,12,14,16-28,30-31,41,45H,1,4-5,13,15,29H2. The molecule has 2 aromatic heterocycles. The minimum atomic E-state index is -2.90. The first-order valence-electron chi connectivity index (χ1n) is 17.4. The molecule has 5 aromatic rings. The molecule has 0 bridgehead atoms. The van der Waals surface area contributed by atoms with E-state index in [0.29, 0.717) is 0 Å². The molecule has 3 aromatic carbocycles. The molecule has 4 heterocycles. The number of aromatic nitrogens is 2. The normalized spacial score (nSPS) is 17.7. The predicted octanol–water partition coefficient (Wildman–Crippen LogP) is 6.23. The van der Waals surface area contributed by atoms with Gasteiger partial charge in [0, 0.05) is 40.8 Å². The molecule has 49 heavy (non-hydrogen) atoms. The summed E-state index contributed by atoms with van der Waals surface area (Å²) >= 11 is 0. The van der Waals surface area contributed by atoms with Crippen molar-refractivity contribution >= 4 is 69.6 Å². The first-order valence-corrected chi connectivity index (χ1v) is 19.4. The maximum absolute atomic E-state index is 5.43. The highest BCUT2D eigenvalue weighted by Gasteiger charge is 2.43. The minimum Gasteiger partial charge on any atom is -0.371 e. The summed E-state index contributed by atoms with van der Waals surface area (Å²) < 4.78 is 2.47. The zero-order valence-electron chi connectivity index (χ0n) is 27.4. The third-order valence-electron chi connectivity index (χ3n) is 10.3. The van der Waals surface area contributed by atoms with Crippen LogP contribution in [0.2, 0.25) is 0 Å². The van der Waals surface area contributed by atoms with Crippen LogP contribution in [0.5, 0.6) is 0 Å². The zero-order valence-corrected chi connectivity index (χ0v) is 28.4. The smallest absolute Gasteiger partial charge is 0.201 e. The number of anilines is 1. The summed E-state index contributed by atoms with van der Waals surface area (Å²) in [5.41, 5.74) is 12.6. The Hall–Kier alpha value is -5.64. The van der Waals surface area contributed by atoms with E-state index in [-0.39, 0.29) is 6.17 Å². The Balaban J connectivity index is 1.27. The highest BCUT2D eigenvalue weighted by Crippen LogP contribution is 2.35. The fourth-order valence-electron chi connectivity index (χ4n) is 8.08. The molecule has 1 atom stereocenters. The Kier molecular flexibility index (Phi) is 7.48. The molecule has 4 aliphatic rings. The van der Waals surface area contributed by atoms with E-state index >= 15 is 0 Å². The Morgan fingerprint density at radius 1 is 0.816 bits per heavy atom. The number of benzene rings is 3. The van der Waals surface area contributed by atoms with E-state index in [2.05, 4.69) is 154 Å². The van der Waals surface area contributed by atoms with Crippen molar-refractivity contribution in [1.82, 2.24) is 14.9 Å². The van der Waals surface area contributed by atoms with Gasteiger partial charge in [-0.25, -0.2) is 0 Å². The van der Waals surface area contributed by atoms with Crippen LogP contribution in [0.3, 0.4) is 0 Å². The summed E-state index contributed by atoms with van der Waals surface area (Å²) in [7, 11) is -2.90. The second-order valence-corrected chi connectivity index (χ2v) is 16.8. The molecule has 0 spiro atoms. The maximum atomic E-state index is 5.43. The molecule has 5 nitrogen and oxygen atoms in total. The van der Waals surface area contributed by atoms with Crippen molar-refractivity contribution in [2.24, 2.45) is 4.99 Å². The van der Waals surface area contributed by atoms with Gasteiger partial charge in [0.2, 0.25) is 8.07 Å². The van der Waals surface area contributed by atoms with E-state index in [1.807, 2.05) is 12.3 Å². The van der Waals surface area contributed by atoms with E-state index in [4.69, 9.17) is 9.98 Å². The van der Waals surface area contributed by atoms with E-state index in [0.717, 1.165) is 42.6 Å². The molecule has 0 saturated heterocycles. The largest absolute Gasteiger partial charge is 0.371 e. The SMILES string of the molecule is C1=C=Cc2c(c3cc([Si](c4ccccc4)(c4ccccc4)c4ccc(N(C5=CCCN5)C5C=CC=N5)cn4)ccc3n2C2=CCCCC2)C=1. The van der Waals surface area contributed by atoms with Crippen molar-refractivity contribution in [3.05, 3.63) is 150 Å². The van der Waals surface area contributed by atoms with Gasteiger partial charge in [0.05, 0.1) is 23.1 Å². The van der Waals surface area contributed by atoms with Crippen LogP contribution in [0, 0.1) is 0 Å². The minimum absolute atomic E-state index is 0.0946. The number of hydrogen-bond acceptors (Lipinski definition) is 4. The first kappa shape index (κ1) is 29.5. The van der Waals surface area contributed by atoms with E-state index in [9.17, 15) is 0 Å². The van der Waals surface area contributed by atoms with Crippen molar-refractivity contribution < 1.29 is 0 Å². The third kappa shape index (κ3) is 4.92. The fraction of sp³-hybridized carbons (Fsp3) is 0.163. The zero-order chi connectivity index (χ0) is 32.6. The number of nitrogens with one attached hydrogen (secondary N) is 1. The monoisotopic (exact) mass is 651 g/mol. The van der Waals surface area contributed by atoms with Crippen molar-refractivity contribution in [2.75, 3.05) is 11.4 Å². The number of nitrogens with zero attached hydrogens (tertiary/aromatic N) is 4. The third-order valence-corrected chi connectivity index (χ3v) is 14.9. The van der Waals surface area contributed by atoms with Crippen LogP contribution in [-0.4, -0.2) is 36.6 Å². The Morgan fingerprint density at radius 3 is 2.31 bits per heavy atom. The molecule has 2 aliphatic carbocycles. The molecule has 0 amide bonds. The molecule has 1 unspecified atom stereocenters. The number of rotatable bonds is 8. The van der Waals surface area contributed by atoms with E-state index in [1.54, 1.807) is 0 Å². The van der Waals surface area contributed by atoms with Crippen LogP contribution in [0.15, 0.2) is 144 Å². The predicted molar refractivity (Wildman–Crippen MR) is 207 cm³/mol. The summed E-state index contributed by atoms with van der Waals surface area (Å²) in [6.45, 7) is 0.932. The molecule has 9 rings (SSSR count). The van der Waals surface area contributed by atoms with Gasteiger partial charge in [-0.05, 0) is 90.2 Å². The van der Waals surface area contributed by atoms with Gasteiger partial charge in [-0.2, -0.15) is 0 Å². The summed E-state index contributed by atoms with van der Waals surface area (Å²) in [5, 5.41) is 9.83. The lowest BCUT2D eigenvalue weighted by molar-refractivity contribution is 0.720. The summed E-state index contributed by atoms with van der Waals surface area (Å²) in [5.74, 6) is 1.09. The molecule has 238 valence electrons. The Morgan fingerprint density at radius 2 is 1.63 bits per heavy atom. The molecular weight excluding hydrogens is 615 g/mol. The number of pyridine rings is 1. The topological polar surface area (TPSA) is 45.4 Å². The fourth-order valence-corrected chi connectivity index (χ4v) is 12.6. The van der Waals surface area contributed by atoms with Crippen LogP contribution >= 0.6 is 0 Å². The number of fused-ring (bicyclic) bond motifs is 3. The van der Waals surface area contributed by atoms with Gasteiger partial charge in [-0.1, -0.05) is 90.3 Å². The molecule has 2 aliphatic heterocycles. The van der Waals surface area contributed by atoms with Gasteiger partial charge in [-0.15, -0.1) is 0 Å². The lowest BCUT2D eigenvalue weighted by Gasteiger charge is -2.34. The van der Waals surface area contributed by atoms with Gasteiger partial charge in [0.25, 0.3) is 0 Å². The van der Waals surface area contributed by atoms with Gasteiger partial charge < -0.3 is 14.8 Å². The van der Waals surface area contributed by atoms with Crippen molar-refractivity contribution in [1.29, 1.82) is 0 Å². The average molecular weight is 652 g/mol. The molecule has 0 radical (unpaired) electrons. The lowest BCUT2D eigenvalue weighted by atomic mass is 10.0. The average Bonchev–Trinajstić information content (AvgIpc) is 3.96. The number of allylic oxidation sites excluding steroid dienone is 3. The van der Waals surface area contributed by atoms with Crippen LogP contribution in [-0.2, 0) is 0 Å². The first-order chi connectivity index (χ1) is 24.3. The van der Waals surface area contributed by atoms with Gasteiger partial charge in [0.1, 0.15) is 12.0 Å². The Labute approximate surface area is 288 Å². The molecule has 0 fully saturated rings. The lowest BCUT2D eigenvalue weighted by Crippen LogP contribution is -2.75. The van der Waals surface area contributed by atoms with E-state index in [1.165, 1.54) is 56.3 Å². The highest BCUT2D eigenvalue weighted by atomic mass is 28.3. The highest BCUT2D eigenvalue weighted by molar-refractivity contribution is 7.19. The quantitative estimate of drug-likeness (QED) is 0.121. The van der Waals surface area contributed by atoms with Gasteiger partial charge in [0.15, 0.2) is 0 Å². The number of hydrogen-bond donors (Lipinski definition) is 1. The van der Waals surface area contributed by atoms with Crippen LogP contribution < -0.4 is 31.1 Å². The summed E-state index contributed by atoms with van der Waals surface area (Å²) in [4.78, 5) is 12.4. The van der Waals surface area contributed by atoms with Crippen molar-refractivity contribution in [3.63, 3.8) is 0 Å².